The number of hydrogen-bond donors (Lipinski definition) is 1. The van der Waals surface area contributed by atoms with Crippen LogP contribution < -0.4 is 5.32 Å². The highest BCUT2D eigenvalue weighted by atomic mass is 14.8. The minimum Gasteiger partial charge on any atom is -0.388 e. The first-order chi connectivity index (χ1) is 6.92. The Bertz CT molecular complexity index is 391. The molecule has 1 aromatic carbocycles. The summed E-state index contributed by atoms with van der Waals surface area (Å²) in [6, 6.07) is 10.1. The molecule has 0 saturated heterocycles. The molecular formula is C12H16N2. The molecule has 2 rings (SSSR count). The molecule has 0 bridgehead atoms. The third-order valence-corrected chi connectivity index (χ3v) is 1.92. The first-order valence-corrected chi connectivity index (χ1v) is 4.93. The standard InChI is InChI=1S/C10H10N2.C2H6/c1-11-9-5-2-6-10-8(9)4-3-7-12-10;1-2/h2-7,11H,1H3;1-2H3. The van der Waals surface area contributed by atoms with Gasteiger partial charge in [-0.3, -0.25) is 4.98 Å². The summed E-state index contributed by atoms with van der Waals surface area (Å²) in [6.07, 6.45) is 1.81. The molecule has 0 radical (unpaired) electrons. The number of aromatic nitrogens is 1. The lowest BCUT2D eigenvalue weighted by Crippen LogP contribution is -1.89. The van der Waals surface area contributed by atoms with Crippen molar-refractivity contribution in [2.75, 3.05) is 12.4 Å². The Kier molecular flexibility index (Phi) is 3.92. The van der Waals surface area contributed by atoms with E-state index in [1.54, 1.807) is 0 Å². The SMILES string of the molecule is CC.CNc1cccc2ncccc12. The summed E-state index contributed by atoms with van der Waals surface area (Å²) in [5, 5.41) is 4.30. The molecule has 0 aliphatic rings. The average molecular weight is 188 g/mol. The topological polar surface area (TPSA) is 24.9 Å². The van der Waals surface area contributed by atoms with E-state index in [-0.39, 0.29) is 0 Å². The molecule has 0 saturated carbocycles. The van der Waals surface area contributed by atoms with Crippen LogP contribution in [0.1, 0.15) is 13.8 Å². The summed E-state index contributed by atoms with van der Waals surface area (Å²) in [5.41, 5.74) is 2.16. The summed E-state index contributed by atoms with van der Waals surface area (Å²) in [4.78, 5) is 4.25. The van der Waals surface area contributed by atoms with Gasteiger partial charge in [0, 0.05) is 24.3 Å². The molecule has 1 heterocycles. The van der Waals surface area contributed by atoms with Gasteiger partial charge in [0.05, 0.1) is 5.52 Å². The number of hydrogen-bond acceptors (Lipinski definition) is 2. The molecule has 1 aromatic heterocycles. The maximum absolute atomic E-state index is 4.25. The van der Waals surface area contributed by atoms with Crippen molar-refractivity contribution in [3.05, 3.63) is 36.5 Å². The summed E-state index contributed by atoms with van der Waals surface area (Å²) in [7, 11) is 1.92. The summed E-state index contributed by atoms with van der Waals surface area (Å²) in [6.45, 7) is 4.00. The van der Waals surface area contributed by atoms with E-state index in [0.29, 0.717) is 0 Å². The smallest absolute Gasteiger partial charge is 0.0722 e. The van der Waals surface area contributed by atoms with E-state index in [9.17, 15) is 0 Å². The molecule has 1 N–H and O–H groups in total. The second-order valence-electron chi connectivity index (χ2n) is 2.63. The van der Waals surface area contributed by atoms with E-state index >= 15 is 0 Å². The lowest BCUT2D eigenvalue weighted by molar-refractivity contribution is 1.41. The van der Waals surface area contributed by atoms with E-state index in [0.717, 1.165) is 11.2 Å². The first-order valence-electron chi connectivity index (χ1n) is 4.93. The highest BCUT2D eigenvalue weighted by Crippen LogP contribution is 2.19. The molecule has 0 atom stereocenters. The van der Waals surface area contributed by atoms with Gasteiger partial charge < -0.3 is 5.32 Å². The van der Waals surface area contributed by atoms with Crippen molar-refractivity contribution in [2.45, 2.75) is 13.8 Å². The highest BCUT2D eigenvalue weighted by Gasteiger charge is 1.96. The van der Waals surface area contributed by atoms with Crippen LogP contribution in [0.3, 0.4) is 0 Å². The summed E-state index contributed by atoms with van der Waals surface area (Å²) >= 11 is 0. The number of nitrogens with one attached hydrogen (secondary N) is 1. The van der Waals surface area contributed by atoms with Gasteiger partial charge in [-0.2, -0.15) is 0 Å². The zero-order valence-electron chi connectivity index (χ0n) is 8.91. The van der Waals surface area contributed by atoms with Crippen molar-refractivity contribution in [3.63, 3.8) is 0 Å². The van der Waals surface area contributed by atoms with Crippen LogP contribution in [0, 0.1) is 0 Å². The quantitative estimate of drug-likeness (QED) is 0.742. The zero-order chi connectivity index (χ0) is 10.4. The fourth-order valence-corrected chi connectivity index (χ4v) is 1.32. The first kappa shape index (κ1) is 10.5. The monoisotopic (exact) mass is 188 g/mol. The fraction of sp³-hybridized carbons (Fsp3) is 0.250. The van der Waals surface area contributed by atoms with E-state index in [2.05, 4.69) is 16.4 Å². The van der Waals surface area contributed by atoms with Gasteiger partial charge in [0.2, 0.25) is 0 Å². The third-order valence-electron chi connectivity index (χ3n) is 1.92. The number of fused-ring (bicyclic) bond motifs is 1. The van der Waals surface area contributed by atoms with Crippen LogP contribution in [0.4, 0.5) is 5.69 Å². The van der Waals surface area contributed by atoms with Crippen LogP contribution in [-0.4, -0.2) is 12.0 Å². The summed E-state index contributed by atoms with van der Waals surface area (Å²) < 4.78 is 0. The van der Waals surface area contributed by atoms with E-state index in [1.165, 1.54) is 5.39 Å². The molecule has 2 nitrogen and oxygen atoms in total. The highest BCUT2D eigenvalue weighted by molar-refractivity contribution is 5.90. The third kappa shape index (κ3) is 2.02. The van der Waals surface area contributed by atoms with Gasteiger partial charge in [-0.25, -0.2) is 0 Å². The number of rotatable bonds is 1. The van der Waals surface area contributed by atoms with Gasteiger partial charge in [-0.15, -0.1) is 0 Å². The van der Waals surface area contributed by atoms with Crippen molar-refractivity contribution in [1.29, 1.82) is 0 Å². The molecule has 0 aliphatic carbocycles. The number of benzene rings is 1. The lowest BCUT2D eigenvalue weighted by Gasteiger charge is -2.03. The van der Waals surface area contributed by atoms with Crippen molar-refractivity contribution in [2.24, 2.45) is 0 Å². The van der Waals surface area contributed by atoms with Gasteiger partial charge in [-0.1, -0.05) is 19.9 Å². The molecule has 74 valence electrons. The van der Waals surface area contributed by atoms with Crippen molar-refractivity contribution >= 4 is 16.6 Å². The molecule has 2 heteroatoms. The van der Waals surface area contributed by atoms with Crippen molar-refractivity contribution in [3.8, 4) is 0 Å². The van der Waals surface area contributed by atoms with Crippen LogP contribution in [0.15, 0.2) is 36.5 Å². The van der Waals surface area contributed by atoms with Crippen LogP contribution in [0.25, 0.3) is 10.9 Å². The maximum atomic E-state index is 4.25. The lowest BCUT2D eigenvalue weighted by atomic mass is 10.2. The van der Waals surface area contributed by atoms with Gasteiger partial charge in [-0.05, 0) is 24.3 Å². The fourth-order valence-electron chi connectivity index (χ4n) is 1.32. The largest absolute Gasteiger partial charge is 0.388 e. The second kappa shape index (κ2) is 5.22. The second-order valence-corrected chi connectivity index (χ2v) is 2.63. The molecule has 0 spiro atoms. The Hall–Kier alpha value is -1.57. The van der Waals surface area contributed by atoms with Crippen LogP contribution in [-0.2, 0) is 0 Å². The summed E-state index contributed by atoms with van der Waals surface area (Å²) in [5.74, 6) is 0. The zero-order valence-corrected chi connectivity index (χ0v) is 8.91. The van der Waals surface area contributed by atoms with Gasteiger partial charge in [0.25, 0.3) is 0 Å². The van der Waals surface area contributed by atoms with E-state index in [4.69, 9.17) is 0 Å². The maximum Gasteiger partial charge on any atom is 0.0722 e. The molecule has 0 fully saturated rings. The minimum absolute atomic E-state index is 1.03. The molecule has 0 aliphatic heterocycles. The predicted molar refractivity (Wildman–Crippen MR) is 62.6 cm³/mol. The molecule has 0 unspecified atom stereocenters. The minimum atomic E-state index is 1.03. The Morgan fingerprint density at radius 1 is 1.07 bits per heavy atom. The van der Waals surface area contributed by atoms with Crippen molar-refractivity contribution in [1.82, 2.24) is 4.98 Å². The van der Waals surface area contributed by atoms with Crippen LogP contribution in [0.2, 0.25) is 0 Å². The van der Waals surface area contributed by atoms with Gasteiger partial charge >= 0.3 is 0 Å². The average Bonchev–Trinajstić information content (AvgIpc) is 2.31. The predicted octanol–water partition coefficient (Wildman–Crippen LogP) is 3.30. The number of nitrogens with zero attached hydrogens (tertiary/aromatic N) is 1. The van der Waals surface area contributed by atoms with Crippen LogP contribution in [0.5, 0.6) is 0 Å². The Balaban J connectivity index is 0.000000461. The number of anilines is 1. The van der Waals surface area contributed by atoms with E-state index < -0.39 is 0 Å². The Labute approximate surface area is 85.0 Å². The van der Waals surface area contributed by atoms with Gasteiger partial charge in [0.1, 0.15) is 0 Å². The Morgan fingerprint density at radius 3 is 2.57 bits per heavy atom. The molecular weight excluding hydrogens is 172 g/mol. The molecule has 2 aromatic rings. The van der Waals surface area contributed by atoms with Gasteiger partial charge in [0.15, 0.2) is 0 Å². The number of pyridine rings is 1. The Morgan fingerprint density at radius 2 is 1.86 bits per heavy atom. The normalized spacial score (nSPS) is 9.07. The van der Waals surface area contributed by atoms with Crippen molar-refractivity contribution < 1.29 is 0 Å². The van der Waals surface area contributed by atoms with E-state index in [1.807, 2.05) is 51.4 Å². The van der Waals surface area contributed by atoms with Crippen LogP contribution >= 0.6 is 0 Å². The molecule has 0 amide bonds. The molecule has 14 heavy (non-hydrogen) atoms.